The van der Waals surface area contributed by atoms with Crippen LogP contribution >= 0.6 is 0 Å². The molecular formula is C27H34F3N5O2. The van der Waals surface area contributed by atoms with Crippen molar-refractivity contribution >= 4 is 28.4 Å². The summed E-state index contributed by atoms with van der Waals surface area (Å²) in [5.41, 5.74) is -0.377. The normalized spacial score (nSPS) is 23.8. The highest BCUT2D eigenvalue weighted by atomic mass is 19.4. The summed E-state index contributed by atoms with van der Waals surface area (Å²) >= 11 is 0. The molecule has 2 aromatic rings. The molecule has 1 saturated carbocycles. The number of fused-ring (bicyclic) bond motifs is 1. The van der Waals surface area contributed by atoms with Crippen LogP contribution in [0.5, 0.6) is 0 Å². The van der Waals surface area contributed by atoms with Gasteiger partial charge in [0.15, 0.2) is 5.78 Å². The minimum Gasteiger partial charge on any atom is -0.362 e. The molecule has 200 valence electrons. The van der Waals surface area contributed by atoms with Gasteiger partial charge in [-0.1, -0.05) is 0 Å². The highest BCUT2D eigenvalue weighted by Gasteiger charge is 2.36. The molecule has 5 rings (SSSR count). The van der Waals surface area contributed by atoms with Crippen molar-refractivity contribution in [3.63, 3.8) is 0 Å². The maximum Gasteiger partial charge on any atom is 0.416 e. The Labute approximate surface area is 214 Å². The Morgan fingerprint density at radius 1 is 1.05 bits per heavy atom. The van der Waals surface area contributed by atoms with Crippen LogP contribution in [0.25, 0.3) is 10.9 Å². The van der Waals surface area contributed by atoms with Gasteiger partial charge in [-0.05, 0) is 68.6 Å². The van der Waals surface area contributed by atoms with E-state index in [1.807, 2.05) is 0 Å². The number of nitrogens with one attached hydrogen (secondary N) is 1. The molecule has 0 radical (unpaired) electrons. The summed E-state index contributed by atoms with van der Waals surface area (Å²) in [6, 6.07) is 3.89. The minimum atomic E-state index is -4.46. The van der Waals surface area contributed by atoms with Crippen LogP contribution in [-0.4, -0.2) is 70.2 Å². The number of ketones is 1. The standard InChI is InChI=1S/C27H34F3N5O2/c28-27(29,30)20-6-9-24-23(12-20)26(33-17-32-24)31-13-22(36)11-19-15-35(16-19)21-7-4-18(5-8-21)14-34-10-2-1-3-25(34)37/h6,9,12,17-19,21H,1-5,7-8,10-11,13-16H2,(H,31,32,33). The molecule has 7 nitrogen and oxygen atoms in total. The summed E-state index contributed by atoms with van der Waals surface area (Å²) in [4.78, 5) is 37.3. The number of alkyl halides is 3. The van der Waals surface area contributed by atoms with Gasteiger partial charge < -0.3 is 10.2 Å². The highest BCUT2D eigenvalue weighted by molar-refractivity contribution is 5.91. The minimum absolute atomic E-state index is 0.0262. The van der Waals surface area contributed by atoms with Crippen molar-refractivity contribution in [1.82, 2.24) is 19.8 Å². The predicted octanol–water partition coefficient (Wildman–Crippen LogP) is 4.52. The molecule has 1 aromatic heterocycles. The van der Waals surface area contributed by atoms with Gasteiger partial charge in [0, 0.05) is 50.4 Å². The Kier molecular flexibility index (Phi) is 7.65. The van der Waals surface area contributed by atoms with Gasteiger partial charge >= 0.3 is 6.18 Å². The third-order valence-electron chi connectivity index (χ3n) is 8.15. The van der Waals surface area contributed by atoms with Crippen molar-refractivity contribution in [2.45, 2.75) is 63.6 Å². The largest absolute Gasteiger partial charge is 0.416 e. The molecule has 0 spiro atoms. The SMILES string of the molecule is O=C(CNc1ncnc2ccc(C(F)(F)F)cc12)CC1CN(C2CCC(CN3CCCCC3=O)CC2)C1. The van der Waals surface area contributed by atoms with E-state index in [-0.39, 0.29) is 23.5 Å². The number of likely N-dealkylation sites (tertiary alicyclic amines) is 2. The first-order valence-electron chi connectivity index (χ1n) is 13.4. The van der Waals surface area contributed by atoms with Crippen LogP contribution < -0.4 is 5.32 Å². The molecule has 37 heavy (non-hydrogen) atoms. The van der Waals surface area contributed by atoms with Crippen molar-refractivity contribution < 1.29 is 22.8 Å². The van der Waals surface area contributed by atoms with Crippen LogP contribution in [0, 0.1) is 11.8 Å². The second-order valence-corrected chi connectivity index (χ2v) is 10.8. The van der Waals surface area contributed by atoms with Crippen LogP contribution in [0.3, 0.4) is 0 Å². The average Bonchev–Trinajstić information content (AvgIpc) is 2.86. The number of rotatable bonds is 8. The van der Waals surface area contributed by atoms with E-state index in [0.29, 0.717) is 42.1 Å². The van der Waals surface area contributed by atoms with Crippen molar-refractivity contribution in [3.8, 4) is 0 Å². The molecule has 3 heterocycles. The van der Waals surface area contributed by atoms with E-state index in [0.717, 1.165) is 76.8 Å². The number of benzene rings is 1. The summed E-state index contributed by atoms with van der Waals surface area (Å²) in [5, 5.41) is 3.18. The van der Waals surface area contributed by atoms with Crippen molar-refractivity contribution in [2.24, 2.45) is 11.8 Å². The number of piperidine rings is 1. The number of nitrogens with zero attached hydrogens (tertiary/aromatic N) is 4. The van der Waals surface area contributed by atoms with E-state index >= 15 is 0 Å². The fourth-order valence-electron chi connectivity index (χ4n) is 6.05. The third kappa shape index (κ3) is 6.22. The molecule has 3 fully saturated rings. The maximum absolute atomic E-state index is 13.1. The molecule has 10 heteroatoms. The van der Waals surface area contributed by atoms with Crippen LogP contribution in [-0.2, 0) is 15.8 Å². The molecule has 3 aliphatic rings. The fraction of sp³-hybridized carbons (Fsp3) is 0.630. The van der Waals surface area contributed by atoms with Crippen LogP contribution in [0.15, 0.2) is 24.5 Å². The van der Waals surface area contributed by atoms with E-state index in [1.165, 1.54) is 12.4 Å². The Hall–Kier alpha value is -2.75. The Balaban J connectivity index is 1.04. The van der Waals surface area contributed by atoms with Gasteiger partial charge in [-0.3, -0.25) is 14.5 Å². The Bertz CT molecular complexity index is 1130. The zero-order valence-electron chi connectivity index (χ0n) is 21.0. The predicted molar refractivity (Wildman–Crippen MR) is 134 cm³/mol. The number of hydrogen-bond acceptors (Lipinski definition) is 6. The van der Waals surface area contributed by atoms with Crippen molar-refractivity contribution in [1.29, 1.82) is 0 Å². The summed E-state index contributed by atoms with van der Waals surface area (Å²) in [7, 11) is 0. The van der Waals surface area contributed by atoms with Gasteiger partial charge in [0.2, 0.25) is 5.91 Å². The third-order valence-corrected chi connectivity index (χ3v) is 8.15. The summed E-state index contributed by atoms with van der Waals surface area (Å²) < 4.78 is 39.3. The monoisotopic (exact) mass is 517 g/mol. The van der Waals surface area contributed by atoms with Crippen molar-refractivity contribution in [2.75, 3.05) is 38.0 Å². The Morgan fingerprint density at radius 2 is 1.84 bits per heavy atom. The summed E-state index contributed by atoms with van der Waals surface area (Å²) in [6.45, 7) is 3.68. The molecular weight excluding hydrogens is 483 g/mol. The molecule has 2 saturated heterocycles. The van der Waals surface area contributed by atoms with E-state index in [2.05, 4.69) is 25.1 Å². The molecule has 0 bridgehead atoms. The molecule has 1 aliphatic carbocycles. The molecule has 2 aliphatic heterocycles. The lowest BCUT2D eigenvalue weighted by atomic mass is 9.82. The highest BCUT2D eigenvalue weighted by Crippen LogP contribution is 2.34. The molecule has 1 aromatic carbocycles. The average molecular weight is 518 g/mol. The van der Waals surface area contributed by atoms with Crippen LogP contribution in [0.2, 0.25) is 0 Å². The smallest absolute Gasteiger partial charge is 0.362 e. The second kappa shape index (κ2) is 10.9. The first kappa shape index (κ1) is 25.9. The number of anilines is 1. The van der Waals surface area contributed by atoms with Gasteiger partial charge in [-0.15, -0.1) is 0 Å². The van der Waals surface area contributed by atoms with Gasteiger partial charge in [-0.2, -0.15) is 13.2 Å². The van der Waals surface area contributed by atoms with Gasteiger partial charge in [0.25, 0.3) is 0 Å². The number of Topliss-reactive ketones (excluding diaryl/α,β-unsaturated/α-hetero) is 1. The van der Waals surface area contributed by atoms with Crippen molar-refractivity contribution in [3.05, 3.63) is 30.1 Å². The number of halogens is 3. The lowest BCUT2D eigenvalue weighted by Crippen LogP contribution is -2.54. The molecule has 1 amide bonds. The van der Waals surface area contributed by atoms with Gasteiger partial charge in [0.05, 0.1) is 17.6 Å². The van der Waals surface area contributed by atoms with Gasteiger partial charge in [0.1, 0.15) is 12.1 Å². The zero-order chi connectivity index (χ0) is 26.0. The number of carbonyl (C=O) groups is 2. The number of hydrogen-bond donors (Lipinski definition) is 1. The number of carbonyl (C=O) groups excluding carboxylic acids is 2. The lowest BCUT2D eigenvalue weighted by molar-refractivity contribution is -0.137. The number of amides is 1. The first-order chi connectivity index (χ1) is 17.8. The lowest BCUT2D eigenvalue weighted by Gasteiger charge is -2.47. The summed E-state index contributed by atoms with van der Waals surface area (Å²) in [6.07, 6.45) is 4.73. The quantitative estimate of drug-likeness (QED) is 0.555. The molecule has 0 unspecified atom stereocenters. The topological polar surface area (TPSA) is 78.4 Å². The van der Waals surface area contributed by atoms with Crippen LogP contribution in [0.4, 0.5) is 19.0 Å². The molecule has 1 N–H and O–H groups in total. The van der Waals surface area contributed by atoms with E-state index in [1.54, 1.807) is 0 Å². The maximum atomic E-state index is 13.1. The van der Waals surface area contributed by atoms with E-state index in [9.17, 15) is 22.8 Å². The Morgan fingerprint density at radius 3 is 2.57 bits per heavy atom. The second-order valence-electron chi connectivity index (χ2n) is 10.8. The summed E-state index contributed by atoms with van der Waals surface area (Å²) in [5.74, 6) is 1.50. The number of aromatic nitrogens is 2. The first-order valence-corrected chi connectivity index (χ1v) is 13.4. The van der Waals surface area contributed by atoms with Crippen LogP contribution in [0.1, 0.15) is 56.9 Å². The zero-order valence-corrected chi connectivity index (χ0v) is 21.0. The van der Waals surface area contributed by atoms with Gasteiger partial charge in [-0.25, -0.2) is 9.97 Å². The fourth-order valence-corrected chi connectivity index (χ4v) is 6.05. The van der Waals surface area contributed by atoms with E-state index in [4.69, 9.17) is 0 Å². The molecule has 0 atom stereocenters. The van der Waals surface area contributed by atoms with E-state index < -0.39 is 11.7 Å².